The number of hydrogen-bond donors (Lipinski definition) is 0. The van der Waals surface area contributed by atoms with Crippen LogP contribution in [0.1, 0.15) is 25.3 Å². The Morgan fingerprint density at radius 3 is 2.76 bits per heavy atom. The Morgan fingerprint density at radius 2 is 2.00 bits per heavy atom. The number of ether oxygens (including phenoxy) is 2. The van der Waals surface area contributed by atoms with Crippen LogP contribution in [0.2, 0.25) is 0 Å². The van der Waals surface area contributed by atoms with Gasteiger partial charge >= 0.3 is 0 Å². The van der Waals surface area contributed by atoms with E-state index in [1.54, 1.807) is 0 Å². The van der Waals surface area contributed by atoms with Gasteiger partial charge in [-0.05, 0) is 31.5 Å². The molecule has 0 unspecified atom stereocenters. The second-order valence-electron chi connectivity index (χ2n) is 4.44. The largest absolute Gasteiger partial charge is 0.454 e. The van der Waals surface area contributed by atoms with Crippen molar-refractivity contribution >= 4 is 0 Å². The highest BCUT2D eigenvalue weighted by Gasteiger charge is 2.30. The molecule has 1 aromatic heterocycles. The number of aromatic nitrogens is 2. The van der Waals surface area contributed by atoms with Crippen LogP contribution in [0.25, 0.3) is 0 Å². The molecule has 0 N–H and O–H groups in total. The van der Waals surface area contributed by atoms with E-state index in [1.807, 2.05) is 32.0 Å². The third kappa shape index (κ3) is 1.54. The van der Waals surface area contributed by atoms with Gasteiger partial charge in [0.1, 0.15) is 0 Å². The lowest BCUT2D eigenvalue weighted by Gasteiger charge is -2.20. The molecule has 0 fully saturated rings. The Morgan fingerprint density at radius 1 is 1.18 bits per heavy atom. The Labute approximate surface area is 98.4 Å². The fourth-order valence-electron chi connectivity index (χ4n) is 1.85. The van der Waals surface area contributed by atoms with Gasteiger partial charge < -0.3 is 13.9 Å². The van der Waals surface area contributed by atoms with Crippen LogP contribution in [0.15, 0.2) is 29.0 Å². The van der Waals surface area contributed by atoms with E-state index in [4.69, 9.17) is 13.9 Å². The number of nitrogens with zero attached hydrogens (tertiary/aromatic N) is 2. The van der Waals surface area contributed by atoms with Crippen LogP contribution in [0, 0.1) is 0 Å². The van der Waals surface area contributed by atoms with Crippen molar-refractivity contribution in [2.24, 2.45) is 0 Å². The second-order valence-corrected chi connectivity index (χ2v) is 4.44. The summed E-state index contributed by atoms with van der Waals surface area (Å²) in [6.07, 6.45) is 1.34. The van der Waals surface area contributed by atoms with E-state index in [1.165, 1.54) is 6.39 Å². The Kier molecular flexibility index (Phi) is 2.07. The molecule has 2 aromatic rings. The molecule has 0 bridgehead atoms. The lowest BCUT2D eigenvalue weighted by molar-refractivity contribution is 0.174. The van der Waals surface area contributed by atoms with Crippen molar-refractivity contribution in [3.05, 3.63) is 36.0 Å². The summed E-state index contributed by atoms with van der Waals surface area (Å²) in [6.45, 7) is 4.33. The molecule has 0 saturated carbocycles. The van der Waals surface area contributed by atoms with E-state index >= 15 is 0 Å². The molecule has 3 rings (SSSR count). The summed E-state index contributed by atoms with van der Waals surface area (Å²) in [4.78, 5) is 0. The first-order valence-corrected chi connectivity index (χ1v) is 5.35. The highest BCUT2D eigenvalue weighted by atomic mass is 16.7. The van der Waals surface area contributed by atoms with Crippen LogP contribution in [0.4, 0.5) is 0 Å². The van der Waals surface area contributed by atoms with Crippen molar-refractivity contribution < 1.29 is 13.9 Å². The van der Waals surface area contributed by atoms with Crippen molar-refractivity contribution in [2.45, 2.75) is 19.3 Å². The molecule has 0 radical (unpaired) electrons. The standard InChI is InChI=1S/C12H12N2O3/c1-12(2,11-14-13-6-15-11)8-3-4-9-10(5-8)17-7-16-9/h3-6H,7H2,1-2H3. The lowest BCUT2D eigenvalue weighted by atomic mass is 9.84. The average molecular weight is 232 g/mol. The molecular formula is C12H12N2O3. The monoisotopic (exact) mass is 232 g/mol. The summed E-state index contributed by atoms with van der Waals surface area (Å²) in [5.41, 5.74) is 0.698. The van der Waals surface area contributed by atoms with E-state index < -0.39 is 0 Å². The Hall–Kier alpha value is -2.04. The number of fused-ring (bicyclic) bond motifs is 1. The third-order valence-corrected chi connectivity index (χ3v) is 2.99. The number of rotatable bonds is 2. The van der Waals surface area contributed by atoms with Gasteiger partial charge in [-0.3, -0.25) is 0 Å². The van der Waals surface area contributed by atoms with Crippen molar-refractivity contribution in [3.8, 4) is 11.5 Å². The van der Waals surface area contributed by atoms with Gasteiger partial charge in [0.25, 0.3) is 0 Å². The molecule has 5 heteroatoms. The molecule has 0 amide bonds. The first-order valence-electron chi connectivity index (χ1n) is 5.35. The van der Waals surface area contributed by atoms with Crippen molar-refractivity contribution in [3.63, 3.8) is 0 Å². The maximum Gasteiger partial charge on any atom is 0.231 e. The van der Waals surface area contributed by atoms with Gasteiger partial charge in [-0.25, -0.2) is 0 Å². The lowest BCUT2D eigenvalue weighted by Crippen LogP contribution is -2.19. The van der Waals surface area contributed by atoms with Gasteiger partial charge in [0, 0.05) is 0 Å². The summed E-state index contributed by atoms with van der Waals surface area (Å²) < 4.78 is 15.9. The highest BCUT2D eigenvalue weighted by molar-refractivity contribution is 5.47. The molecule has 5 nitrogen and oxygen atoms in total. The molecule has 2 heterocycles. The molecule has 0 saturated heterocycles. The first kappa shape index (κ1) is 10.1. The van der Waals surface area contributed by atoms with Gasteiger partial charge in [-0.1, -0.05) is 6.07 Å². The van der Waals surface area contributed by atoms with Crippen molar-refractivity contribution in [2.75, 3.05) is 6.79 Å². The van der Waals surface area contributed by atoms with Crippen LogP contribution >= 0.6 is 0 Å². The van der Waals surface area contributed by atoms with Gasteiger partial charge in [-0.2, -0.15) is 0 Å². The predicted molar refractivity (Wildman–Crippen MR) is 59.0 cm³/mol. The highest BCUT2D eigenvalue weighted by Crippen LogP contribution is 2.38. The summed E-state index contributed by atoms with van der Waals surface area (Å²) in [6, 6.07) is 5.83. The minimum Gasteiger partial charge on any atom is -0.454 e. The summed E-state index contributed by atoms with van der Waals surface area (Å²) in [7, 11) is 0. The topological polar surface area (TPSA) is 57.4 Å². The Bertz CT molecular complexity index is 535. The molecule has 1 aliphatic rings. The van der Waals surface area contributed by atoms with Crippen LogP contribution in [0.3, 0.4) is 0 Å². The summed E-state index contributed by atoms with van der Waals surface area (Å²) in [5, 5.41) is 7.68. The number of benzene rings is 1. The molecule has 0 aliphatic carbocycles. The van der Waals surface area contributed by atoms with Gasteiger partial charge in [-0.15, -0.1) is 10.2 Å². The zero-order valence-corrected chi connectivity index (χ0v) is 9.64. The van der Waals surface area contributed by atoms with Crippen molar-refractivity contribution in [1.82, 2.24) is 10.2 Å². The normalized spacial score (nSPS) is 14.0. The molecule has 17 heavy (non-hydrogen) atoms. The minimum absolute atomic E-state index is 0.278. The van der Waals surface area contributed by atoms with Gasteiger partial charge in [0.2, 0.25) is 19.1 Å². The smallest absolute Gasteiger partial charge is 0.231 e. The number of hydrogen-bond acceptors (Lipinski definition) is 5. The minimum atomic E-state index is -0.350. The first-order chi connectivity index (χ1) is 8.18. The van der Waals surface area contributed by atoms with Crippen LogP contribution in [0.5, 0.6) is 11.5 Å². The zero-order valence-electron chi connectivity index (χ0n) is 9.64. The van der Waals surface area contributed by atoms with Crippen LogP contribution < -0.4 is 9.47 Å². The zero-order chi connectivity index (χ0) is 11.9. The molecular weight excluding hydrogens is 220 g/mol. The SMILES string of the molecule is CC(C)(c1ccc2c(c1)OCO2)c1nnco1. The predicted octanol–water partition coefficient (Wildman–Crippen LogP) is 2.12. The summed E-state index contributed by atoms with van der Waals surface area (Å²) >= 11 is 0. The molecule has 0 atom stereocenters. The average Bonchev–Trinajstić information content (AvgIpc) is 2.99. The van der Waals surface area contributed by atoms with Gasteiger partial charge in [0.05, 0.1) is 5.41 Å². The van der Waals surface area contributed by atoms with E-state index in [2.05, 4.69) is 10.2 Å². The van der Waals surface area contributed by atoms with E-state index in [0.717, 1.165) is 17.1 Å². The van der Waals surface area contributed by atoms with E-state index in [0.29, 0.717) is 5.89 Å². The molecule has 1 aromatic carbocycles. The molecule has 88 valence electrons. The maximum absolute atomic E-state index is 5.36. The fourth-order valence-corrected chi connectivity index (χ4v) is 1.85. The fraction of sp³-hybridized carbons (Fsp3) is 0.333. The van der Waals surface area contributed by atoms with Crippen molar-refractivity contribution in [1.29, 1.82) is 0 Å². The molecule has 1 aliphatic heterocycles. The van der Waals surface area contributed by atoms with Gasteiger partial charge in [0.15, 0.2) is 11.5 Å². The molecule has 0 spiro atoms. The van der Waals surface area contributed by atoms with Crippen LogP contribution in [-0.2, 0) is 5.41 Å². The maximum atomic E-state index is 5.36. The van der Waals surface area contributed by atoms with Crippen LogP contribution in [-0.4, -0.2) is 17.0 Å². The summed E-state index contributed by atoms with van der Waals surface area (Å²) in [5.74, 6) is 2.11. The Balaban J connectivity index is 2.04. The second kappa shape index (κ2) is 3.48. The van der Waals surface area contributed by atoms with E-state index in [-0.39, 0.29) is 12.2 Å². The quantitative estimate of drug-likeness (QED) is 0.793. The third-order valence-electron chi connectivity index (χ3n) is 2.99. The van der Waals surface area contributed by atoms with E-state index in [9.17, 15) is 0 Å².